The predicted octanol–water partition coefficient (Wildman–Crippen LogP) is 4.41. The third kappa shape index (κ3) is 4.64. The van der Waals surface area contributed by atoms with Crippen LogP contribution in [0.25, 0.3) is 0 Å². The van der Waals surface area contributed by atoms with Crippen LogP contribution < -0.4 is 10.6 Å². The first-order chi connectivity index (χ1) is 12.1. The van der Waals surface area contributed by atoms with Crippen molar-refractivity contribution >= 4 is 33.3 Å². The molecule has 3 rings (SSSR count). The standard InChI is InChI=1S/C19H17BrN4O/c1-13-9-16(20)4-5-17(13)24-19(25)15-6-8-22-18(10-15)23-12-14-3-2-7-21-11-14/h2-11H,12H2,1H3,(H,22,23)(H,24,25). The number of halogens is 1. The molecule has 0 saturated carbocycles. The fourth-order valence-corrected chi connectivity index (χ4v) is 2.80. The Morgan fingerprint density at radius 2 is 2.04 bits per heavy atom. The van der Waals surface area contributed by atoms with Crippen molar-refractivity contribution in [2.45, 2.75) is 13.5 Å². The zero-order valence-corrected chi connectivity index (χ0v) is 15.2. The minimum absolute atomic E-state index is 0.169. The van der Waals surface area contributed by atoms with E-state index in [2.05, 4.69) is 36.5 Å². The number of rotatable bonds is 5. The smallest absolute Gasteiger partial charge is 0.255 e. The van der Waals surface area contributed by atoms with Crippen LogP contribution in [0.1, 0.15) is 21.5 Å². The number of carbonyl (C=O) groups is 1. The first-order valence-corrected chi connectivity index (χ1v) is 8.57. The Morgan fingerprint density at radius 3 is 2.80 bits per heavy atom. The minimum Gasteiger partial charge on any atom is -0.366 e. The number of hydrogen-bond acceptors (Lipinski definition) is 4. The van der Waals surface area contributed by atoms with Crippen molar-refractivity contribution in [3.8, 4) is 0 Å². The van der Waals surface area contributed by atoms with Gasteiger partial charge in [0.1, 0.15) is 5.82 Å². The van der Waals surface area contributed by atoms with Gasteiger partial charge in [0.2, 0.25) is 0 Å². The SMILES string of the molecule is Cc1cc(Br)ccc1NC(=O)c1ccnc(NCc2cccnc2)c1. The molecule has 0 radical (unpaired) electrons. The Hall–Kier alpha value is -2.73. The van der Waals surface area contributed by atoms with Gasteiger partial charge in [0.15, 0.2) is 0 Å². The number of anilines is 2. The molecule has 25 heavy (non-hydrogen) atoms. The zero-order chi connectivity index (χ0) is 17.6. The summed E-state index contributed by atoms with van der Waals surface area (Å²) < 4.78 is 0.980. The molecule has 0 atom stereocenters. The first-order valence-electron chi connectivity index (χ1n) is 7.78. The lowest BCUT2D eigenvalue weighted by atomic mass is 10.2. The minimum atomic E-state index is -0.169. The molecule has 5 nitrogen and oxygen atoms in total. The highest BCUT2D eigenvalue weighted by Gasteiger charge is 2.09. The molecule has 0 saturated heterocycles. The maximum atomic E-state index is 12.5. The molecular weight excluding hydrogens is 380 g/mol. The average Bonchev–Trinajstić information content (AvgIpc) is 2.63. The van der Waals surface area contributed by atoms with Gasteiger partial charge in [-0.05, 0) is 54.4 Å². The molecule has 2 heterocycles. The molecule has 3 aromatic rings. The van der Waals surface area contributed by atoms with Crippen molar-refractivity contribution < 1.29 is 4.79 Å². The summed E-state index contributed by atoms with van der Waals surface area (Å²) in [5.41, 5.74) is 3.37. The largest absolute Gasteiger partial charge is 0.366 e. The molecule has 2 N–H and O–H groups in total. The van der Waals surface area contributed by atoms with Gasteiger partial charge in [-0.1, -0.05) is 22.0 Å². The summed E-state index contributed by atoms with van der Waals surface area (Å²) in [6.07, 6.45) is 5.14. The lowest BCUT2D eigenvalue weighted by Crippen LogP contribution is -2.13. The van der Waals surface area contributed by atoms with Crippen LogP contribution in [0.15, 0.2) is 65.5 Å². The summed E-state index contributed by atoms with van der Waals surface area (Å²) in [6, 6.07) is 13.0. The lowest BCUT2D eigenvalue weighted by molar-refractivity contribution is 0.102. The monoisotopic (exact) mass is 396 g/mol. The van der Waals surface area contributed by atoms with E-state index in [1.807, 2.05) is 37.3 Å². The van der Waals surface area contributed by atoms with E-state index in [0.29, 0.717) is 17.9 Å². The van der Waals surface area contributed by atoms with Crippen LogP contribution in [0.3, 0.4) is 0 Å². The second kappa shape index (κ2) is 7.90. The Morgan fingerprint density at radius 1 is 1.16 bits per heavy atom. The first kappa shape index (κ1) is 17.1. The van der Waals surface area contributed by atoms with Crippen LogP contribution in [0.2, 0.25) is 0 Å². The number of nitrogens with zero attached hydrogens (tertiary/aromatic N) is 2. The van der Waals surface area contributed by atoms with E-state index < -0.39 is 0 Å². The zero-order valence-electron chi connectivity index (χ0n) is 13.7. The van der Waals surface area contributed by atoms with Crippen molar-refractivity contribution in [3.63, 3.8) is 0 Å². The van der Waals surface area contributed by atoms with E-state index in [4.69, 9.17) is 0 Å². The second-order valence-electron chi connectivity index (χ2n) is 5.56. The quantitative estimate of drug-likeness (QED) is 0.669. The molecule has 0 aliphatic heterocycles. The van der Waals surface area contributed by atoms with Gasteiger partial charge >= 0.3 is 0 Å². The van der Waals surface area contributed by atoms with Crippen molar-refractivity contribution in [1.29, 1.82) is 0 Å². The number of carbonyl (C=O) groups excluding carboxylic acids is 1. The molecular formula is C19H17BrN4O. The molecule has 1 amide bonds. The highest BCUT2D eigenvalue weighted by molar-refractivity contribution is 9.10. The summed E-state index contributed by atoms with van der Waals surface area (Å²) in [7, 11) is 0. The maximum absolute atomic E-state index is 12.5. The summed E-state index contributed by atoms with van der Waals surface area (Å²) >= 11 is 3.42. The van der Waals surface area contributed by atoms with Gasteiger partial charge in [0.05, 0.1) is 0 Å². The van der Waals surface area contributed by atoms with Crippen LogP contribution in [0.5, 0.6) is 0 Å². The van der Waals surface area contributed by atoms with Crippen LogP contribution in [-0.4, -0.2) is 15.9 Å². The van der Waals surface area contributed by atoms with Crippen LogP contribution in [0.4, 0.5) is 11.5 Å². The van der Waals surface area contributed by atoms with E-state index in [-0.39, 0.29) is 5.91 Å². The predicted molar refractivity (Wildman–Crippen MR) is 103 cm³/mol. The van der Waals surface area contributed by atoms with Gasteiger partial charge in [-0.3, -0.25) is 9.78 Å². The van der Waals surface area contributed by atoms with Crippen molar-refractivity contribution in [3.05, 3.63) is 82.2 Å². The van der Waals surface area contributed by atoms with Crippen LogP contribution >= 0.6 is 15.9 Å². The molecule has 0 fully saturated rings. The van der Waals surface area contributed by atoms with Crippen LogP contribution in [-0.2, 0) is 6.54 Å². The average molecular weight is 397 g/mol. The van der Waals surface area contributed by atoms with Crippen LogP contribution in [0, 0.1) is 6.92 Å². The van der Waals surface area contributed by atoms with Crippen molar-refractivity contribution in [2.75, 3.05) is 10.6 Å². The van der Waals surface area contributed by atoms with E-state index >= 15 is 0 Å². The fraction of sp³-hybridized carbons (Fsp3) is 0.105. The Labute approximate surface area is 154 Å². The van der Waals surface area contributed by atoms with Crippen molar-refractivity contribution in [2.24, 2.45) is 0 Å². The molecule has 0 spiro atoms. The van der Waals surface area contributed by atoms with Gasteiger partial charge < -0.3 is 10.6 Å². The summed E-state index contributed by atoms with van der Waals surface area (Å²) in [5.74, 6) is 0.473. The van der Waals surface area contributed by atoms with Gasteiger partial charge in [-0.15, -0.1) is 0 Å². The molecule has 0 bridgehead atoms. The summed E-state index contributed by atoms with van der Waals surface area (Å²) in [5, 5.41) is 6.13. The third-order valence-electron chi connectivity index (χ3n) is 3.66. The van der Waals surface area contributed by atoms with Gasteiger partial charge in [0.25, 0.3) is 5.91 Å². The van der Waals surface area contributed by atoms with E-state index in [1.165, 1.54) is 0 Å². The van der Waals surface area contributed by atoms with E-state index in [9.17, 15) is 4.79 Å². The second-order valence-corrected chi connectivity index (χ2v) is 6.47. The normalized spacial score (nSPS) is 10.3. The molecule has 2 aromatic heterocycles. The van der Waals surface area contributed by atoms with Gasteiger partial charge in [-0.25, -0.2) is 4.98 Å². The number of hydrogen-bond donors (Lipinski definition) is 2. The third-order valence-corrected chi connectivity index (χ3v) is 4.15. The molecule has 1 aromatic carbocycles. The number of pyridine rings is 2. The molecule has 126 valence electrons. The lowest BCUT2D eigenvalue weighted by Gasteiger charge is -2.10. The number of nitrogens with one attached hydrogen (secondary N) is 2. The molecule has 0 aliphatic carbocycles. The topological polar surface area (TPSA) is 66.9 Å². The maximum Gasteiger partial charge on any atom is 0.255 e. The number of benzene rings is 1. The highest BCUT2D eigenvalue weighted by Crippen LogP contribution is 2.21. The molecule has 0 unspecified atom stereocenters. The van der Waals surface area contributed by atoms with Gasteiger partial charge in [0, 0.05) is 40.9 Å². The Bertz CT molecular complexity index is 884. The summed E-state index contributed by atoms with van der Waals surface area (Å²) in [4.78, 5) is 20.8. The number of aryl methyl sites for hydroxylation is 1. The van der Waals surface area contributed by atoms with E-state index in [0.717, 1.165) is 21.3 Å². The molecule has 0 aliphatic rings. The Kier molecular flexibility index (Phi) is 5.40. The number of amides is 1. The summed E-state index contributed by atoms with van der Waals surface area (Å²) in [6.45, 7) is 2.55. The molecule has 6 heteroatoms. The van der Waals surface area contributed by atoms with Crippen molar-refractivity contribution in [1.82, 2.24) is 9.97 Å². The van der Waals surface area contributed by atoms with Gasteiger partial charge in [-0.2, -0.15) is 0 Å². The van der Waals surface area contributed by atoms with E-state index in [1.54, 1.807) is 30.7 Å². The highest BCUT2D eigenvalue weighted by atomic mass is 79.9. The number of aromatic nitrogens is 2. The fourth-order valence-electron chi connectivity index (χ4n) is 2.33. The Balaban J connectivity index is 1.69.